The van der Waals surface area contributed by atoms with Gasteiger partial charge in [0, 0.05) is 23.5 Å². The van der Waals surface area contributed by atoms with Crippen molar-refractivity contribution in [3.8, 4) is 22.2 Å². The number of hydrogen-bond donors (Lipinski definition) is 3. The Morgan fingerprint density at radius 1 is 1.13 bits per heavy atom. The number of carbonyl (C=O) groups is 1. The minimum absolute atomic E-state index is 0.252. The first-order valence-corrected chi connectivity index (χ1v) is 13.9. The number of benzene rings is 2. The SMILES string of the molecule is Cc1ccc(NC(=O)OCC(C)C)cc1-c1noc(-c2sc(Nc3ccc(CN4CCCC4)cc3)nc2N)n1. The average molecular weight is 548 g/mol. The fourth-order valence-electron chi connectivity index (χ4n) is 4.32. The Morgan fingerprint density at radius 3 is 2.62 bits per heavy atom. The quantitative estimate of drug-likeness (QED) is 0.221. The van der Waals surface area contributed by atoms with Gasteiger partial charge in [-0.05, 0) is 74.2 Å². The third kappa shape index (κ3) is 6.73. The van der Waals surface area contributed by atoms with Gasteiger partial charge in [0.2, 0.25) is 5.82 Å². The highest BCUT2D eigenvalue weighted by atomic mass is 32.1. The zero-order chi connectivity index (χ0) is 27.4. The molecule has 1 amide bonds. The molecule has 10 nitrogen and oxygen atoms in total. The van der Waals surface area contributed by atoms with Crippen molar-refractivity contribution in [2.24, 2.45) is 5.92 Å². The van der Waals surface area contributed by atoms with E-state index in [9.17, 15) is 4.79 Å². The first-order chi connectivity index (χ1) is 18.8. The van der Waals surface area contributed by atoms with Crippen molar-refractivity contribution < 1.29 is 14.1 Å². The van der Waals surface area contributed by atoms with E-state index >= 15 is 0 Å². The Labute approximate surface area is 231 Å². The van der Waals surface area contributed by atoms with Gasteiger partial charge in [-0.2, -0.15) is 4.98 Å². The summed E-state index contributed by atoms with van der Waals surface area (Å²) in [4.78, 5) is 24.2. The highest BCUT2D eigenvalue weighted by Gasteiger charge is 2.20. The lowest BCUT2D eigenvalue weighted by Gasteiger charge is -2.14. The van der Waals surface area contributed by atoms with Gasteiger partial charge >= 0.3 is 6.09 Å². The maximum Gasteiger partial charge on any atom is 0.411 e. The van der Waals surface area contributed by atoms with Crippen LogP contribution in [0, 0.1) is 12.8 Å². The van der Waals surface area contributed by atoms with Crippen LogP contribution in [0.4, 0.5) is 27.1 Å². The van der Waals surface area contributed by atoms with Crippen LogP contribution in [0.5, 0.6) is 0 Å². The van der Waals surface area contributed by atoms with Gasteiger partial charge in [0.15, 0.2) is 5.13 Å². The van der Waals surface area contributed by atoms with Crippen LogP contribution in [0.25, 0.3) is 22.2 Å². The fourth-order valence-corrected chi connectivity index (χ4v) is 5.14. The molecule has 0 bridgehead atoms. The first-order valence-electron chi connectivity index (χ1n) is 13.1. The molecule has 39 heavy (non-hydrogen) atoms. The summed E-state index contributed by atoms with van der Waals surface area (Å²) in [6, 6.07) is 13.8. The first kappa shape index (κ1) is 26.6. The molecule has 4 aromatic rings. The van der Waals surface area contributed by atoms with Gasteiger partial charge in [0.1, 0.15) is 10.7 Å². The summed E-state index contributed by atoms with van der Waals surface area (Å²) >= 11 is 1.34. The van der Waals surface area contributed by atoms with Crippen molar-refractivity contribution in [1.29, 1.82) is 0 Å². The smallest absolute Gasteiger partial charge is 0.411 e. The number of aryl methyl sites for hydroxylation is 1. The van der Waals surface area contributed by atoms with Crippen molar-refractivity contribution in [3.63, 3.8) is 0 Å². The number of likely N-dealkylation sites (tertiary alicyclic amines) is 1. The number of carbonyl (C=O) groups excluding carboxylic acids is 1. The van der Waals surface area contributed by atoms with Crippen molar-refractivity contribution >= 4 is 39.8 Å². The molecular weight excluding hydrogens is 514 g/mol. The number of nitrogens with two attached hydrogens (primary N) is 1. The molecular formula is C28H33N7O3S. The Kier molecular flexibility index (Phi) is 8.08. The average Bonchev–Trinajstić information content (AvgIpc) is 3.67. The van der Waals surface area contributed by atoms with Crippen LogP contribution < -0.4 is 16.4 Å². The summed E-state index contributed by atoms with van der Waals surface area (Å²) < 4.78 is 10.8. The molecule has 11 heteroatoms. The number of rotatable bonds is 9. The summed E-state index contributed by atoms with van der Waals surface area (Å²) in [6.45, 7) is 9.57. The van der Waals surface area contributed by atoms with Crippen molar-refractivity contribution in [2.75, 3.05) is 36.1 Å². The molecule has 0 spiro atoms. The summed E-state index contributed by atoms with van der Waals surface area (Å²) in [5.74, 6) is 1.23. The predicted molar refractivity (Wildman–Crippen MR) is 154 cm³/mol. The molecule has 204 valence electrons. The Balaban J connectivity index is 1.27. The van der Waals surface area contributed by atoms with Crippen LogP contribution in [-0.4, -0.2) is 45.8 Å². The zero-order valence-electron chi connectivity index (χ0n) is 22.4. The number of ether oxygens (including phenoxy) is 1. The Bertz CT molecular complexity index is 1430. The third-order valence-corrected chi connectivity index (χ3v) is 7.33. The Hall–Kier alpha value is -3.96. The Morgan fingerprint density at radius 2 is 1.87 bits per heavy atom. The number of anilines is 4. The molecule has 1 aliphatic heterocycles. The van der Waals surface area contributed by atoms with E-state index in [1.807, 2.05) is 26.8 Å². The summed E-state index contributed by atoms with van der Waals surface area (Å²) in [5, 5.41) is 10.9. The second-order valence-electron chi connectivity index (χ2n) is 10.1. The third-order valence-electron chi connectivity index (χ3n) is 6.36. The summed E-state index contributed by atoms with van der Waals surface area (Å²) in [5.41, 5.74) is 10.7. The van der Waals surface area contributed by atoms with E-state index < -0.39 is 6.09 Å². The predicted octanol–water partition coefficient (Wildman–Crippen LogP) is 6.29. The molecule has 2 aromatic heterocycles. The number of hydrogen-bond acceptors (Lipinski definition) is 10. The molecule has 0 radical (unpaired) electrons. The largest absolute Gasteiger partial charge is 0.449 e. The minimum atomic E-state index is -0.508. The van der Waals surface area contributed by atoms with Gasteiger partial charge in [-0.1, -0.05) is 48.5 Å². The lowest BCUT2D eigenvalue weighted by atomic mass is 10.1. The highest BCUT2D eigenvalue weighted by Crippen LogP contribution is 2.36. The number of nitrogens with one attached hydrogen (secondary N) is 2. The molecule has 4 N–H and O–H groups in total. The molecule has 1 aliphatic rings. The lowest BCUT2D eigenvalue weighted by Crippen LogP contribution is -2.18. The van der Waals surface area contributed by atoms with Crippen molar-refractivity contribution in [1.82, 2.24) is 20.0 Å². The van der Waals surface area contributed by atoms with E-state index in [4.69, 9.17) is 15.0 Å². The van der Waals surface area contributed by atoms with Gasteiger partial charge in [-0.3, -0.25) is 10.2 Å². The number of amides is 1. The minimum Gasteiger partial charge on any atom is -0.449 e. The van der Waals surface area contributed by atoms with E-state index in [1.165, 1.54) is 42.8 Å². The summed E-state index contributed by atoms with van der Waals surface area (Å²) in [6.07, 6.45) is 2.06. The second-order valence-corrected chi connectivity index (χ2v) is 11.1. The van der Waals surface area contributed by atoms with E-state index in [2.05, 4.69) is 54.9 Å². The van der Waals surface area contributed by atoms with Gasteiger partial charge < -0.3 is 20.3 Å². The molecule has 2 aromatic carbocycles. The normalized spacial score (nSPS) is 13.6. The molecule has 0 saturated carbocycles. The summed E-state index contributed by atoms with van der Waals surface area (Å²) in [7, 11) is 0. The standard InChI is InChI=1S/C28H33N7O3S/c1-17(2)16-37-28(36)31-21-9-6-18(3)22(14-21)25-33-26(38-34-25)23-24(29)32-27(39-23)30-20-10-7-19(8-11-20)15-35-12-4-5-13-35/h6-11,14,17H,4-5,12-13,15-16,29H2,1-3H3,(H,30,32)(H,31,36). The van der Waals surface area contributed by atoms with E-state index in [0.29, 0.717) is 33.9 Å². The fraction of sp³-hybridized carbons (Fsp3) is 0.357. The monoisotopic (exact) mass is 547 g/mol. The van der Waals surface area contributed by atoms with Crippen LogP contribution in [-0.2, 0) is 11.3 Å². The number of thiazole rings is 1. The van der Waals surface area contributed by atoms with Crippen LogP contribution in [0.3, 0.4) is 0 Å². The maximum atomic E-state index is 12.1. The van der Waals surface area contributed by atoms with Gasteiger partial charge in [-0.25, -0.2) is 9.78 Å². The van der Waals surface area contributed by atoms with Crippen molar-refractivity contribution in [2.45, 2.75) is 40.2 Å². The molecule has 3 heterocycles. The second kappa shape index (κ2) is 11.8. The van der Waals surface area contributed by atoms with Gasteiger partial charge in [0.05, 0.1) is 6.61 Å². The molecule has 0 aliphatic carbocycles. The number of nitrogen functional groups attached to an aromatic ring is 1. The molecule has 0 atom stereocenters. The van der Waals surface area contributed by atoms with Crippen LogP contribution in [0.15, 0.2) is 47.0 Å². The van der Waals surface area contributed by atoms with Crippen LogP contribution in [0.1, 0.15) is 37.8 Å². The van der Waals surface area contributed by atoms with Crippen LogP contribution in [0.2, 0.25) is 0 Å². The van der Waals surface area contributed by atoms with Gasteiger partial charge in [-0.15, -0.1) is 0 Å². The van der Waals surface area contributed by atoms with E-state index in [0.717, 1.165) is 23.4 Å². The highest BCUT2D eigenvalue weighted by molar-refractivity contribution is 7.19. The van der Waals surface area contributed by atoms with Crippen molar-refractivity contribution in [3.05, 3.63) is 53.6 Å². The van der Waals surface area contributed by atoms with E-state index in [-0.39, 0.29) is 11.8 Å². The molecule has 0 unspecified atom stereocenters. The molecule has 1 fully saturated rings. The van der Waals surface area contributed by atoms with Gasteiger partial charge in [0.25, 0.3) is 5.89 Å². The lowest BCUT2D eigenvalue weighted by molar-refractivity contribution is 0.147. The topological polar surface area (TPSA) is 131 Å². The molecule has 5 rings (SSSR count). The van der Waals surface area contributed by atoms with Crippen LogP contribution >= 0.6 is 11.3 Å². The number of nitrogens with zero attached hydrogens (tertiary/aromatic N) is 4. The number of aromatic nitrogens is 3. The maximum absolute atomic E-state index is 12.1. The zero-order valence-corrected chi connectivity index (χ0v) is 23.2. The molecule has 1 saturated heterocycles. The van der Waals surface area contributed by atoms with E-state index in [1.54, 1.807) is 12.1 Å².